The number of benzene rings is 1. The van der Waals surface area contributed by atoms with Crippen molar-refractivity contribution in [2.24, 2.45) is 0 Å². The zero-order valence-corrected chi connectivity index (χ0v) is 13.6. The fourth-order valence-corrected chi connectivity index (χ4v) is 2.40. The van der Waals surface area contributed by atoms with Crippen molar-refractivity contribution in [1.29, 1.82) is 0 Å². The summed E-state index contributed by atoms with van der Waals surface area (Å²) in [6.07, 6.45) is 1.63. The van der Waals surface area contributed by atoms with E-state index in [-0.39, 0.29) is 11.9 Å². The molecule has 6 heteroatoms. The summed E-state index contributed by atoms with van der Waals surface area (Å²) in [7, 11) is 5.55. The number of furan rings is 1. The molecule has 0 aliphatic carbocycles. The van der Waals surface area contributed by atoms with Gasteiger partial charge in [-0.25, -0.2) is 0 Å². The largest absolute Gasteiger partial charge is 0.496 e. The normalized spacial score (nSPS) is 12.2. The van der Waals surface area contributed by atoms with Gasteiger partial charge in [0.2, 0.25) is 0 Å². The molecule has 0 unspecified atom stereocenters. The van der Waals surface area contributed by atoms with Crippen molar-refractivity contribution in [3.8, 4) is 5.75 Å². The molecule has 0 aliphatic rings. The van der Waals surface area contributed by atoms with Gasteiger partial charge in [0.25, 0.3) is 5.91 Å². The highest BCUT2D eigenvalue weighted by molar-refractivity contribution is 6.31. The quantitative estimate of drug-likeness (QED) is 0.848. The summed E-state index contributed by atoms with van der Waals surface area (Å²) < 4.78 is 10.6. The van der Waals surface area contributed by atoms with Gasteiger partial charge < -0.3 is 19.4 Å². The van der Waals surface area contributed by atoms with E-state index in [0.717, 1.165) is 10.7 Å². The van der Waals surface area contributed by atoms with Gasteiger partial charge in [0.1, 0.15) is 5.75 Å². The smallest absolute Gasteiger partial charge is 0.255 e. The van der Waals surface area contributed by atoms with E-state index in [1.54, 1.807) is 24.5 Å². The summed E-state index contributed by atoms with van der Waals surface area (Å²) in [5.41, 5.74) is 0.418. The molecule has 0 fully saturated rings. The number of rotatable bonds is 6. The number of likely N-dealkylation sites (N-methyl/N-ethyl adjacent to an activating group) is 1. The van der Waals surface area contributed by atoms with Gasteiger partial charge >= 0.3 is 0 Å². The maximum atomic E-state index is 12.4. The number of ether oxygens (including phenoxy) is 1. The van der Waals surface area contributed by atoms with Gasteiger partial charge in [-0.1, -0.05) is 11.6 Å². The minimum Gasteiger partial charge on any atom is -0.496 e. The van der Waals surface area contributed by atoms with Gasteiger partial charge in [0, 0.05) is 5.02 Å². The molecule has 118 valence electrons. The highest BCUT2D eigenvalue weighted by atomic mass is 35.5. The Labute approximate surface area is 134 Å². The molecule has 0 saturated carbocycles. The van der Waals surface area contributed by atoms with Crippen molar-refractivity contribution < 1.29 is 18.8 Å². The number of hydrogen-bond acceptors (Lipinski definition) is 3. The molecule has 1 aromatic carbocycles. The Bertz CT molecular complexity index is 626. The second-order valence-electron chi connectivity index (χ2n) is 5.20. The average molecular weight is 324 g/mol. The summed E-state index contributed by atoms with van der Waals surface area (Å²) in [6, 6.07) is 8.74. The standard InChI is InChI=1S/C16H19ClN2O3/c1-19(2)13(15-5-4-8-22-15)10-18-16(20)12-9-11(17)6-7-14(12)21-3/h4-9,13H,10H2,1-3H3,(H,18,20)/p+1/t13-/m1/s1. The van der Waals surface area contributed by atoms with Crippen LogP contribution in [-0.4, -0.2) is 33.7 Å². The van der Waals surface area contributed by atoms with Crippen LogP contribution < -0.4 is 15.0 Å². The molecule has 0 bridgehead atoms. The Morgan fingerprint density at radius 1 is 1.41 bits per heavy atom. The molecule has 1 amide bonds. The molecule has 0 aliphatic heterocycles. The number of hydrogen-bond donors (Lipinski definition) is 2. The van der Waals surface area contributed by atoms with Gasteiger partial charge in [-0.3, -0.25) is 4.79 Å². The third kappa shape index (κ3) is 3.81. The molecule has 2 aromatic rings. The van der Waals surface area contributed by atoms with Crippen LogP contribution >= 0.6 is 11.6 Å². The van der Waals surface area contributed by atoms with E-state index in [9.17, 15) is 4.79 Å². The minimum absolute atomic E-state index is 0.0316. The van der Waals surface area contributed by atoms with E-state index in [1.165, 1.54) is 7.11 Å². The van der Waals surface area contributed by atoms with E-state index < -0.39 is 0 Å². The SMILES string of the molecule is COc1ccc(Cl)cc1C(=O)NC[C@H](c1ccco1)[NH+](C)C. The van der Waals surface area contributed by atoms with Crippen LogP contribution in [0.15, 0.2) is 41.0 Å². The van der Waals surface area contributed by atoms with Crippen LogP contribution in [0, 0.1) is 0 Å². The van der Waals surface area contributed by atoms with Crippen molar-refractivity contribution in [1.82, 2.24) is 5.32 Å². The summed E-state index contributed by atoms with van der Waals surface area (Å²) in [6.45, 7) is 0.449. The van der Waals surface area contributed by atoms with Crippen molar-refractivity contribution in [2.75, 3.05) is 27.7 Å². The second kappa shape index (κ2) is 7.33. The average Bonchev–Trinajstić information content (AvgIpc) is 3.01. The van der Waals surface area contributed by atoms with Gasteiger partial charge in [-0.05, 0) is 30.3 Å². The molecule has 0 spiro atoms. The maximum absolute atomic E-state index is 12.4. The van der Waals surface area contributed by atoms with E-state index >= 15 is 0 Å². The lowest BCUT2D eigenvalue weighted by Gasteiger charge is -2.20. The minimum atomic E-state index is -0.225. The van der Waals surface area contributed by atoms with E-state index in [2.05, 4.69) is 5.32 Å². The Morgan fingerprint density at radius 2 is 2.18 bits per heavy atom. The number of carbonyl (C=O) groups excluding carboxylic acids is 1. The molecule has 22 heavy (non-hydrogen) atoms. The predicted molar refractivity (Wildman–Crippen MR) is 84.6 cm³/mol. The summed E-state index contributed by atoms with van der Waals surface area (Å²) in [5, 5.41) is 3.40. The van der Waals surface area contributed by atoms with Crippen LogP contribution in [0.25, 0.3) is 0 Å². The van der Waals surface area contributed by atoms with Gasteiger partial charge in [0.05, 0.1) is 39.6 Å². The maximum Gasteiger partial charge on any atom is 0.255 e. The second-order valence-corrected chi connectivity index (χ2v) is 5.64. The lowest BCUT2D eigenvalue weighted by molar-refractivity contribution is -0.891. The first-order valence-corrected chi connectivity index (χ1v) is 7.36. The van der Waals surface area contributed by atoms with Gasteiger partial charge in [-0.15, -0.1) is 0 Å². The van der Waals surface area contributed by atoms with Crippen LogP contribution in [0.5, 0.6) is 5.75 Å². The molecule has 0 saturated heterocycles. The topological polar surface area (TPSA) is 55.9 Å². The van der Waals surface area contributed by atoms with Gasteiger partial charge in [0.15, 0.2) is 11.8 Å². The molecule has 2 rings (SSSR count). The third-order valence-corrected chi connectivity index (χ3v) is 3.69. The first kappa shape index (κ1) is 16.4. The molecule has 2 N–H and O–H groups in total. The Hall–Kier alpha value is -1.98. The first-order valence-electron chi connectivity index (χ1n) is 6.98. The Balaban J connectivity index is 2.10. The fourth-order valence-electron chi connectivity index (χ4n) is 2.23. The number of quaternary nitrogens is 1. The Morgan fingerprint density at radius 3 is 2.77 bits per heavy atom. The van der Waals surface area contributed by atoms with E-state index in [4.69, 9.17) is 20.8 Å². The molecule has 1 aromatic heterocycles. The van der Waals surface area contributed by atoms with Crippen LogP contribution in [0.3, 0.4) is 0 Å². The first-order chi connectivity index (χ1) is 10.5. The van der Waals surface area contributed by atoms with Crippen LogP contribution in [0.4, 0.5) is 0 Å². The predicted octanol–water partition coefficient (Wildman–Crippen LogP) is 1.56. The summed E-state index contributed by atoms with van der Waals surface area (Å²) >= 11 is 5.96. The van der Waals surface area contributed by atoms with Crippen molar-refractivity contribution in [2.45, 2.75) is 6.04 Å². The molecular weight excluding hydrogens is 304 g/mol. The summed E-state index contributed by atoms with van der Waals surface area (Å²) in [4.78, 5) is 13.5. The fraction of sp³-hybridized carbons (Fsp3) is 0.312. The molecule has 1 atom stereocenters. The van der Waals surface area contributed by atoms with Crippen molar-refractivity contribution in [3.63, 3.8) is 0 Å². The summed E-state index contributed by atoms with van der Waals surface area (Å²) in [5.74, 6) is 1.10. The Kier molecular flexibility index (Phi) is 5.46. The highest BCUT2D eigenvalue weighted by Gasteiger charge is 2.22. The molecule has 0 radical (unpaired) electrons. The van der Waals surface area contributed by atoms with Crippen molar-refractivity contribution >= 4 is 17.5 Å². The van der Waals surface area contributed by atoms with E-state index in [1.807, 2.05) is 26.2 Å². The van der Waals surface area contributed by atoms with Crippen molar-refractivity contribution in [3.05, 3.63) is 52.9 Å². The number of halogens is 1. The van der Waals surface area contributed by atoms with Crippen LogP contribution in [0.1, 0.15) is 22.2 Å². The lowest BCUT2D eigenvalue weighted by atomic mass is 10.1. The van der Waals surface area contributed by atoms with Crippen LogP contribution in [0.2, 0.25) is 5.02 Å². The number of nitrogens with one attached hydrogen (secondary N) is 2. The lowest BCUT2D eigenvalue weighted by Crippen LogP contribution is -3.07. The number of carbonyl (C=O) groups is 1. The number of amides is 1. The zero-order valence-electron chi connectivity index (χ0n) is 12.9. The molecule has 5 nitrogen and oxygen atoms in total. The van der Waals surface area contributed by atoms with Gasteiger partial charge in [-0.2, -0.15) is 0 Å². The zero-order chi connectivity index (χ0) is 16.1. The number of methoxy groups -OCH3 is 1. The third-order valence-electron chi connectivity index (χ3n) is 3.46. The highest BCUT2D eigenvalue weighted by Crippen LogP contribution is 2.22. The van der Waals surface area contributed by atoms with Crippen LogP contribution in [-0.2, 0) is 0 Å². The molecule has 1 heterocycles. The molecular formula is C16H20ClN2O3+. The monoisotopic (exact) mass is 323 g/mol. The van der Waals surface area contributed by atoms with E-state index in [0.29, 0.717) is 22.9 Å².